The summed E-state index contributed by atoms with van der Waals surface area (Å²) < 4.78 is 0. The van der Waals surface area contributed by atoms with E-state index in [1.165, 1.54) is 54.1 Å². The Morgan fingerprint density at radius 1 is 1.06 bits per heavy atom. The van der Waals surface area contributed by atoms with Crippen LogP contribution in [0.4, 0.5) is 0 Å². The summed E-state index contributed by atoms with van der Waals surface area (Å²) in [5.41, 5.74) is 8.17. The zero-order chi connectivity index (χ0) is 12.8. The predicted octanol–water partition coefficient (Wildman–Crippen LogP) is 3.88. The van der Waals surface area contributed by atoms with Gasteiger partial charge in [0, 0.05) is 10.3 Å². The molecule has 1 saturated carbocycles. The van der Waals surface area contributed by atoms with E-state index in [2.05, 4.69) is 13.8 Å². The van der Waals surface area contributed by atoms with Gasteiger partial charge >= 0.3 is 0 Å². The maximum absolute atomic E-state index is 6.68. The number of nitrogens with two attached hydrogens (primary N) is 1. The Bertz CT molecular complexity index is 439. The number of aromatic nitrogens is 1. The molecule has 0 aromatic carbocycles. The van der Waals surface area contributed by atoms with Gasteiger partial charge in [-0.25, -0.2) is 4.98 Å². The van der Waals surface area contributed by atoms with Gasteiger partial charge in [0.1, 0.15) is 5.01 Å². The molecule has 18 heavy (non-hydrogen) atoms. The number of aryl methyl sites for hydroxylation is 1. The molecule has 2 N–H and O–H groups in total. The van der Waals surface area contributed by atoms with Crippen molar-refractivity contribution in [2.45, 2.75) is 76.2 Å². The molecule has 0 aliphatic heterocycles. The van der Waals surface area contributed by atoms with E-state index in [9.17, 15) is 0 Å². The Labute approximate surface area is 114 Å². The van der Waals surface area contributed by atoms with E-state index in [4.69, 9.17) is 10.7 Å². The molecule has 0 amide bonds. The average molecular weight is 264 g/mol. The van der Waals surface area contributed by atoms with E-state index >= 15 is 0 Å². The molecule has 1 heterocycles. The smallest absolute Gasteiger partial charge is 0.113 e. The molecule has 0 saturated heterocycles. The van der Waals surface area contributed by atoms with Crippen LogP contribution >= 0.6 is 11.3 Å². The molecule has 1 aromatic heterocycles. The molecule has 3 heteroatoms. The van der Waals surface area contributed by atoms with Crippen molar-refractivity contribution in [3.63, 3.8) is 0 Å². The second-order valence-corrected chi connectivity index (χ2v) is 7.83. The summed E-state index contributed by atoms with van der Waals surface area (Å²) in [6.45, 7) is 4.64. The normalized spacial score (nSPS) is 25.7. The number of fused-ring (bicyclic) bond motifs is 1. The van der Waals surface area contributed by atoms with Crippen LogP contribution in [0.15, 0.2) is 0 Å². The lowest BCUT2D eigenvalue weighted by atomic mass is 9.90. The molecule has 3 rings (SSSR count). The lowest BCUT2D eigenvalue weighted by Crippen LogP contribution is -2.36. The maximum Gasteiger partial charge on any atom is 0.113 e. The van der Waals surface area contributed by atoms with Gasteiger partial charge in [-0.2, -0.15) is 0 Å². The summed E-state index contributed by atoms with van der Waals surface area (Å²) in [6.07, 6.45) is 9.92. The van der Waals surface area contributed by atoms with Crippen LogP contribution in [-0.4, -0.2) is 4.98 Å². The first kappa shape index (κ1) is 12.6. The van der Waals surface area contributed by atoms with Crippen molar-refractivity contribution in [1.29, 1.82) is 0 Å². The van der Waals surface area contributed by atoms with Crippen molar-refractivity contribution in [3.05, 3.63) is 15.6 Å². The Hall–Kier alpha value is -0.410. The van der Waals surface area contributed by atoms with Gasteiger partial charge in [-0.15, -0.1) is 11.3 Å². The highest BCUT2D eigenvalue weighted by Gasteiger charge is 2.38. The second-order valence-electron chi connectivity index (χ2n) is 6.75. The first-order chi connectivity index (χ1) is 8.51. The van der Waals surface area contributed by atoms with E-state index < -0.39 is 0 Å². The van der Waals surface area contributed by atoms with E-state index in [-0.39, 0.29) is 11.0 Å². The summed E-state index contributed by atoms with van der Waals surface area (Å²) in [6, 6.07) is 0. The van der Waals surface area contributed by atoms with Crippen LogP contribution < -0.4 is 5.73 Å². The first-order valence-corrected chi connectivity index (χ1v) is 8.12. The molecule has 0 atom stereocenters. The molecular formula is C15H24N2S. The minimum Gasteiger partial charge on any atom is -0.319 e. The molecule has 2 aliphatic rings. The van der Waals surface area contributed by atoms with E-state index in [0.717, 1.165) is 12.8 Å². The number of rotatable bonds is 1. The zero-order valence-corrected chi connectivity index (χ0v) is 12.4. The van der Waals surface area contributed by atoms with Gasteiger partial charge in [0.25, 0.3) is 0 Å². The fourth-order valence-corrected chi connectivity index (χ4v) is 4.78. The Morgan fingerprint density at radius 2 is 1.72 bits per heavy atom. The quantitative estimate of drug-likeness (QED) is 0.782. The van der Waals surface area contributed by atoms with E-state index in [0.29, 0.717) is 0 Å². The lowest BCUT2D eigenvalue weighted by molar-refractivity contribution is 0.380. The fourth-order valence-electron chi connectivity index (χ4n) is 3.38. The summed E-state index contributed by atoms with van der Waals surface area (Å²) in [5, 5.41) is 1.22. The predicted molar refractivity (Wildman–Crippen MR) is 77.0 cm³/mol. The highest BCUT2D eigenvalue weighted by atomic mass is 32.1. The highest BCUT2D eigenvalue weighted by Crippen LogP contribution is 2.44. The molecule has 0 bridgehead atoms. The minimum absolute atomic E-state index is 0.123. The van der Waals surface area contributed by atoms with Crippen molar-refractivity contribution < 1.29 is 0 Å². The van der Waals surface area contributed by atoms with Gasteiger partial charge in [-0.05, 0) is 25.7 Å². The fraction of sp³-hybridized carbons (Fsp3) is 0.800. The molecule has 1 aromatic rings. The van der Waals surface area contributed by atoms with Gasteiger partial charge in [-0.1, -0.05) is 39.5 Å². The van der Waals surface area contributed by atoms with Crippen LogP contribution in [0.5, 0.6) is 0 Å². The maximum atomic E-state index is 6.68. The third-order valence-corrected chi connectivity index (χ3v) is 6.07. The minimum atomic E-state index is -0.123. The van der Waals surface area contributed by atoms with Crippen molar-refractivity contribution in [2.75, 3.05) is 0 Å². The number of hydrogen-bond donors (Lipinski definition) is 1. The topological polar surface area (TPSA) is 38.9 Å². The van der Waals surface area contributed by atoms with Crippen molar-refractivity contribution in [2.24, 2.45) is 5.73 Å². The molecular weight excluding hydrogens is 240 g/mol. The van der Waals surface area contributed by atoms with Crippen LogP contribution in [0.2, 0.25) is 0 Å². The molecule has 1 fully saturated rings. The van der Waals surface area contributed by atoms with Crippen LogP contribution in [0.3, 0.4) is 0 Å². The van der Waals surface area contributed by atoms with Crippen molar-refractivity contribution in [1.82, 2.24) is 4.98 Å². The third kappa shape index (κ3) is 2.01. The lowest BCUT2D eigenvalue weighted by Gasteiger charge is -2.26. The standard InChI is InChI=1S/C15H24N2S/c1-14(2)10-7-11-12(14)17-13(18-11)15(16)8-5-3-4-6-9-15/h3-10,16H2,1-2H3. The van der Waals surface area contributed by atoms with Gasteiger partial charge in [0.2, 0.25) is 0 Å². The number of nitrogens with zero attached hydrogens (tertiary/aromatic N) is 1. The highest BCUT2D eigenvalue weighted by molar-refractivity contribution is 7.12. The summed E-state index contributed by atoms with van der Waals surface area (Å²) in [7, 11) is 0. The largest absolute Gasteiger partial charge is 0.319 e. The van der Waals surface area contributed by atoms with Gasteiger partial charge < -0.3 is 5.73 Å². The Kier molecular flexibility index (Phi) is 3.02. The van der Waals surface area contributed by atoms with Crippen LogP contribution in [0.25, 0.3) is 0 Å². The Balaban J connectivity index is 1.93. The van der Waals surface area contributed by atoms with E-state index in [1.54, 1.807) is 0 Å². The number of thiazole rings is 1. The van der Waals surface area contributed by atoms with Gasteiger partial charge in [-0.3, -0.25) is 0 Å². The van der Waals surface area contributed by atoms with Crippen molar-refractivity contribution in [3.8, 4) is 0 Å². The Morgan fingerprint density at radius 3 is 2.33 bits per heavy atom. The molecule has 2 aliphatic carbocycles. The van der Waals surface area contributed by atoms with Gasteiger partial charge in [0.05, 0.1) is 11.2 Å². The molecule has 100 valence electrons. The summed E-state index contributed by atoms with van der Waals surface area (Å²) in [4.78, 5) is 6.48. The SMILES string of the molecule is CC1(C)CCc2sc(C3(N)CCCCCC3)nc21. The van der Waals surface area contributed by atoms with Crippen LogP contribution in [-0.2, 0) is 17.4 Å². The average Bonchev–Trinajstić information content (AvgIpc) is 2.78. The number of hydrogen-bond acceptors (Lipinski definition) is 3. The third-order valence-electron chi connectivity index (χ3n) is 4.74. The van der Waals surface area contributed by atoms with Crippen LogP contribution in [0, 0.1) is 0 Å². The summed E-state index contributed by atoms with van der Waals surface area (Å²) >= 11 is 1.90. The monoisotopic (exact) mass is 264 g/mol. The zero-order valence-electron chi connectivity index (χ0n) is 11.6. The molecule has 0 radical (unpaired) electrons. The molecule has 2 nitrogen and oxygen atoms in total. The van der Waals surface area contributed by atoms with E-state index in [1.807, 2.05) is 11.3 Å². The first-order valence-electron chi connectivity index (χ1n) is 7.31. The van der Waals surface area contributed by atoms with Gasteiger partial charge in [0.15, 0.2) is 0 Å². The molecule has 0 spiro atoms. The summed E-state index contributed by atoms with van der Waals surface area (Å²) in [5.74, 6) is 0. The molecule has 0 unspecified atom stereocenters. The van der Waals surface area contributed by atoms with Crippen LogP contribution in [0.1, 0.15) is 74.4 Å². The van der Waals surface area contributed by atoms with Crippen molar-refractivity contribution >= 4 is 11.3 Å². The second kappa shape index (κ2) is 4.31.